The van der Waals surface area contributed by atoms with Crippen molar-refractivity contribution >= 4 is 28.6 Å². The maximum absolute atomic E-state index is 12.9. The molecule has 1 atom stereocenters. The van der Waals surface area contributed by atoms with Gasteiger partial charge in [0.25, 0.3) is 0 Å². The van der Waals surface area contributed by atoms with Gasteiger partial charge in [-0.1, -0.05) is 25.0 Å². The number of furan rings is 1. The molecule has 6 heteroatoms. The SMILES string of the molecule is Cc1ccc(-c2ccccc2NS(=O)c2ccc(SN3CCCCCC3)cc2)o1. The van der Waals surface area contributed by atoms with Crippen LogP contribution >= 0.6 is 11.9 Å². The van der Waals surface area contributed by atoms with Gasteiger partial charge in [-0.05, 0) is 80.2 Å². The molecule has 0 saturated carbocycles. The molecule has 1 aliphatic rings. The van der Waals surface area contributed by atoms with Gasteiger partial charge in [-0.3, -0.25) is 0 Å². The number of benzene rings is 2. The van der Waals surface area contributed by atoms with Crippen molar-refractivity contribution in [2.45, 2.75) is 42.4 Å². The highest BCUT2D eigenvalue weighted by molar-refractivity contribution is 7.97. The zero-order valence-electron chi connectivity index (χ0n) is 16.6. The molecule has 1 unspecified atom stereocenters. The second-order valence-electron chi connectivity index (χ2n) is 7.23. The van der Waals surface area contributed by atoms with Gasteiger partial charge in [0.05, 0.1) is 10.6 Å². The highest BCUT2D eigenvalue weighted by Gasteiger charge is 2.13. The highest BCUT2D eigenvalue weighted by Crippen LogP contribution is 2.31. The molecule has 0 spiro atoms. The standard InChI is InChI=1S/C23H26N2O2S2/c1-18-10-15-23(27-18)21-8-4-5-9-22(21)24-29(26)20-13-11-19(12-14-20)28-25-16-6-2-3-7-17-25/h4-5,8-15,24H,2-3,6-7,16-17H2,1H3. The molecule has 1 saturated heterocycles. The average Bonchev–Trinajstić information content (AvgIpc) is 3.00. The second-order valence-corrected chi connectivity index (χ2v) is 9.62. The summed E-state index contributed by atoms with van der Waals surface area (Å²) in [6, 6.07) is 19.7. The fraction of sp³-hybridized carbons (Fsp3) is 0.304. The molecule has 0 bridgehead atoms. The molecule has 0 aliphatic carbocycles. The van der Waals surface area contributed by atoms with Crippen LogP contribution < -0.4 is 4.72 Å². The van der Waals surface area contributed by atoms with E-state index in [9.17, 15) is 4.21 Å². The van der Waals surface area contributed by atoms with Gasteiger partial charge >= 0.3 is 0 Å². The van der Waals surface area contributed by atoms with Crippen molar-refractivity contribution in [1.82, 2.24) is 4.31 Å². The molecule has 1 N–H and O–H groups in total. The lowest BCUT2D eigenvalue weighted by molar-refractivity contribution is 0.489. The predicted molar refractivity (Wildman–Crippen MR) is 121 cm³/mol. The van der Waals surface area contributed by atoms with E-state index in [4.69, 9.17) is 4.42 Å². The largest absolute Gasteiger partial charge is 0.461 e. The van der Waals surface area contributed by atoms with Crippen molar-refractivity contribution in [1.29, 1.82) is 0 Å². The summed E-state index contributed by atoms with van der Waals surface area (Å²) in [5.41, 5.74) is 1.70. The average molecular weight is 427 g/mol. The molecule has 2 aromatic carbocycles. The lowest BCUT2D eigenvalue weighted by Gasteiger charge is -2.18. The predicted octanol–water partition coefficient (Wildman–Crippen LogP) is 6.27. The van der Waals surface area contributed by atoms with Crippen molar-refractivity contribution in [3.63, 3.8) is 0 Å². The van der Waals surface area contributed by atoms with E-state index in [1.54, 1.807) is 11.9 Å². The van der Waals surface area contributed by atoms with Crippen molar-refractivity contribution < 1.29 is 8.63 Å². The highest BCUT2D eigenvalue weighted by atomic mass is 32.2. The van der Waals surface area contributed by atoms with Crippen LogP contribution in [0.5, 0.6) is 0 Å². The summed E-state index contributed by atoms with van der Waals surface area (Å²) >= 11 is 1.81. The molecule has 1 aliphatic heterocycles. The van der Waals surface area contributed by atoms with Crippen LogP contribution in [0.2, 0.25) is 0 Å². The van der Waals surface area contributed by atoms with Gasteiger partial charge in [-0.25, -0.2) is 8.51 Å². The normalized spacial score (nSPS) is 16.3. The minimum atomic E-state index is -1.34. The van der Waals surface area contributed by atoms with Gasteiger partial charge < -0.3 is 9.14 Å². The van der Waals surface area contributed by atoms with Gasteiger partial charge in [-0.2, -0.15) is 0 Å². The van der Waals surface area contributed by atoms with E-state index < -0.39 is 11.0 Å². The first-order valence-corrected chi connectivity index (χ1v) is 12.0. The Hall–Kier alpha value is -2.02. The van der Waals surface area contributed by atoms with Crippen LogP contribution in [-0.4, -0.2) is 21.6 Å². The maximum atomic E-state index is 12.9. The summed E-state index contributed by atoms with van der Waals surface area (Å²) in [6.45, 7) is 4.20. The van der Waals surface area contributed by atoms with E-state index in [0.717, 1.165) is 40.8 Å². The quantitative estimate of drug-likeness (QED) is 0.472. The Kier molecular flexibility index (Phi) is 6.74. The number of nitrogens with zero attached hydrogens (tertiary/aromatic N) is 1. The van der Waals surface area contributed by atoms with Crippen LogP contribution in [0, 0.1) is 6.92 Å². The Morgan fingerprint density at radius 1 is 0.931 bits per heavy atom. The molecule has 2 heterocycles. The van der Waals surface area contributed by atoms with Crippen LogP contribution in [0.25, 0.3) is 11.3 Å². The lowest BCUT2D eigenvalue weighted by Crippen LogP contribution is -2.15. The summed E-state index contributed by atoms with van der Waals surface area (Å²) in [5, 5.41) is 0. The Labute approximate surface area is 179 Å². The number of rotatable bonds is 6. The minimum Gasteiger partial charge on any atom is -0.461 e. The van der Waals surface area contributed by atoms with Crippen molar-refractivity contribution in [3.8, 4) is 11.3 Å². The zero-order chi connectivity index (χ0) is 20.1. The molecule has 1 fully saturated rings. The number of nitrogens with one attached hydrogen (secondary N) is 1. The van der Waals surface area contributed by atoms with E-state index in [2.05, 4.69) is 21.2 Å². The number of aryl methyl sites for hydroxylation is 1. The monoisotopic (exact) mass is 426 g/mol. The van der Waals surface area contributed by atoms with Crippen molar-refractivity contribution in [2.24, 2.45) is 0 Å². The van der Waals surface area contributed by atoms with Crippen LogP contribution in [0.3, 0.4) is 0 Å². The second kappa shape index (κ2) is 9.65. The molecule has 0 radical (unpaired) electrons. The number of para-hydroxylation sites is 1. The molecule has 3 aromatic rings. The van der Waals surface area contributed by atoms with E-state index in [1.165, 1.54) is 30.6 Å². The third-order valence-corrected chi connectivity index (χ3v) is 7.18. The number of anilines is 1. The molecular formula is C23H26N2O2S2. The maximum Gasteiger partial charge on any atom is 0.150 e. The van der Waals surface area contributed by atoms with Gasteiger partial charge in [0, 0.05) is 23.5 Å². The summed E-state index contributed by atoms with van der Waals surface area (Å²) in [7, 11) is -1.34. The van der Waals surface area contributed by atoms with E-state index in [1.807, 2.05) is 55.5 Å². The lowest BCUT2D eigenvalue weighted by atomic mass is 10.1. The van der Waals surface area contributed by atoms with Gasteiger partial charge in [-0.15, -0.1) is 0 Å². The van der Waals surface area contributed by atoms with E-state index in [-0.39, 0.29) is 0 Å². The van der Waals surface area contributed by atoms with Crippen molar-refractivity contribution in [2.75, 3.05) is 17.8 Å². The van der Waals surface area contributed by atoms with Crippen LogP contribution in [0.4, 0.5) is 5.69 Å². The fourth-order valence-electron chi connectivity index (χ4n) is 3.43. The first-order valence-electron chi connectivity index (χ1n) is 10.1. The number of hydrogen-bond acceptors (Lipinski definition) is 4. The first-order chi connectivity index (χ1) is 14.2. The summed E-state index contributed by atoms with van der Waals surface area (Å²) in [4.78, 5) is 1.95. The summed E-state index contributed by atoms with van der Waals surface area (Å²) < 4.78 is 24.2. The number of hydrogen-bond donors (Lipinski definition) is 1. The Morgan fingerprint density at radius 3 is 2.34 bits per heavy atom. The topological polar surface area (TPSA) is 45.5 Å². The Morgan fingerprint density at radius 2 is 1.66 bits per heavy atom. The van der Waals surface area contributed by atoms with E-state index in [0.29, 0.717) is 0 Å². The third kappa shape index (κ3) is 5.32. The van der Waals surface area contributed by atoms with Crippen molar-refractivity contribution in [3.05, 3.63) is 66.4 Å². The molecular weight excluding hydrogens is 400 g/mol. The third-order valence-electron chi connectivity index (χ3n) is 4.97. The zero-order valence-corrected chi connectivity index (χ0v) is 18.2. The minimum absolute atomic E-state index is 0.760. The molecule has 1 aromatic heterocycles. The van der Waals surface area contributed by atoms with Crippen LogP contribution in [0.15, 0.2) is 74.9 Å². The molecule has 29 heavy (non-hydrogen) atoms. The molecule has 152 valence electrons. The molecule has 0 amide bonds. The molecule has 4 nitrogen and oxygen atoms in total. The Balaban J connectivity index is 1.44. The van der Waals surface area contributed by atoms with Crippen LogP contribution in [0.1, 0.15) is 31.4 Å². The van der Waals surface area contributed by atoms with Gasteiger partial charge in [0.2, 0.25) is 0 Å². The Bertz CT molecular complexity index is 961. The fourth-order valence-corrected chi connectivity index (χ4v) is 5.31. The first kappa shape index (κ1) is 20.3. The van der Waals surface area contributed by atoms with E-state index >= 15 is 0 Å². The summed E-state index contributed by atoms with van der Waals surface area (Å²) in [6.07, 6.45) is 5.21. The van der Waals surface area contributed by atoms with Crippen LogP contribution in [-0.2, 0) is 11.0 Å². The summed E-state index contributed by atoms with van der Waals surface area (Å²) in [5.74, 6) is 1.63. The molecule has 4 rings (SSSR count). The smallest absolute Gasteiger partial charge is 0.150 e. The van der Waals surface area contributed by atoms with Gasteiger partial charge in [0.1, 0.15) is 22.5 Å². The van der Waals surface area contributed by atoms with Gasteiger partial charge in [0.15, 0.2) is 0 Å².